The van der Waals surface area contributed by atoms with Crippen molar-refractivity contribution in [1.82, 2.24) is 0 Å². The number of hydrogen-bond donors (Lipinski definition) is 1. The monoisotopic (exact) mass is 422 g/mol. The second-order valence-corrected chi connectivity index (χ2v) is 8.82. The first kappa shape index (κ1) is 27.8. The molecule has 0 saturated heterocycles. The minimum absolute atomic E-state index is 0. The Balaban J connectivity index is 0.00000676. The second-order valence-electron chi connectivity index (χ2n) is 7.43. The molecule has 1 aromatic carbocycles. The number of hydrogen-bond acceptors (Lipinski definition) is 2. The maximum absolute atomic E-state index is 11.4. The first-order valence-corrected chi connectivity index (χ1v) is 12.0. The Morgan fingerprint density at radius 1 is 0.704 bits per heavy atom. The Labute approximate surface area is 210 Å². The normalized spacial score (nSPS) is 11.3. The molecule has 0 amide bonds. The van der Waals surface area contributed by atoms with E-state index >= 15 is 0 Å². The standard InChI is InChI=1S/C22H38O3S.K.H/c1-2-3-4-5-6-7-8-9-10-11-12-13-14-15-18-21-19-16-17-20-22(21)26(23,24)25;;/h16-17,19-20H,2-15,18H2,1H3,(H,23,24,25);;. The van der Waals surface area contributed by atoms with Crippen LogP contribution in [0, 0.1) is 0 Å². The topological polar surface area (TPSA) is 54.4 Å². The average Bonchev–Trinajstić information content (AvgIpc) is 2.61. The summed E-state index contributed by atoms with van der Waals surface area (Å²) in [6, 6.07) is 6.76. The number of aryl methyl sites for hydroxylation is 1. The average molecular weight is 423 g/mol. The Morgan fingerprint density at radius 2 is 1.11 bits per heavy atom. The zero-order valence-electron chi connectivity index (χ0n) is 16.6. The zero-order valence-corrected chi connectivity index (χ0v) is 17.4. The first-order valence-electron chi connectivity index (χ1n) is 10.6. The van der Waals surface area contributed by atoms with Gasteiger partial charge in [-0.1, -0.05) is 109 Å². The summed E-state index contributed by atoms with van der Waals surface area (Å²) >= 11 is 0. The first-order chi connectivity index (χ1) is 12.6. The quantitative estimate of drug-likeness (QED) is 0.193. The van der Waals surface area contributed by atoms with Crippen molar-refractivity contribution >= 4 is 61.5 Å². The van der Waals surface area contributed by atoms with Crippen molar-refractivity contribution in [3.63, 3.8) is 0 Å². The summed E-state index contributed by atoms with van der Waals surface area (Å²) in [7, 11) is -4.10. The summed E-state index contributed by atoms with van der Waals surface area (Å²) in [5.74, 6) is 0. The molecule has 0 bridgehead atoms. The molecular weight excluding hydrogens is 383 g/mol. The van der Waals surface area contributed by atoms with Gasteiger partial charge in [0, 0.05) is 0 Å². The van der Waals surface area contributed by atoms with Crippen LogP contribution in [0.15, 0.2) is 29.2 Å². The van der Waals surface area contributed by atoms with E-state index in [9.17, 15) is 13.0 Å². The summed E-state index contributed by atoms with van der Waals surface area (Å²) in [5.41, 5.74) is 0.730. The van der Waals surface area contributed by atoms with Gasteiger partial charge < -0.3 is 0 Å². The van der Waals surface area contributed by atoms with E-state index in [2.05, 4.69) is 6.92 Å². The van der Waals surface area contributed by atoms with E-state index in [1.54, 1.807) is 12.1 Å². The van der Waals surface area contributed by atoms with Crippen LogP contribution in [-0.4, -0.2) is 64.4 Å². The van der Waals surface area contributed by atoms with Crippen LogP contribution in [0.2, 0.25) is 0 Å². The van der Waals surface area contributed by atoms with Crippen molar-refractivity contribution in [2.75, 3.05) is 0 Å². The molecule has 1 aromatic rings. The van der Waals surface area contributed by atoms with Gasteiger partial charge in [0.25, 0.3) is 10.1 Å². The van der Waals surface area contributed by atoms with Crippen LogP contribution in [0.3, 0.4) is 0 Å². The van der Waals surface area contributed by atoms with Gasteiger partial charge in [-0.2, -0.15) is 8.42 Å². The Hall–Kier alpha value is 0.766. The fraction of sp³-hybridized carbons (Fsp3) is 0.727. The Kier molecular flexibility index (Phi) is 18.1. The van der Waals surface area contributed by atoms with Gasteiger partial charge in [0.15, 0.2) is 0 Å². The van der Waals surface area contributed by atoms with Gasteiger partial charge in [-0.3, -0.25) is 4.55 Å². The van der Waals surface area contributed by atoms with Gasteiger partial charge in [0.05, 0.1) is 4.90 Å². The molecule has 0 fully saturated rings. The zero-order chi connectivity index (χ0) is 19.1. The molecule has 0 saturated carbocycles. The number of unbranched alkanes of at least 4 members (excludes halogenated alkanes) is 13. The van der Waals surface area contributed by atoms with Crippen molar-refractivity contribution in [2.24, 2.45) is 0 Å². The summed E-state index contributed by atoms with van der Waals surface area (Å²) in [6.45, 7) is 2.26. The van der Waals surface area contributed by atoms with Crippen LogP contribution >= 0.6 is 0 Å². The van der Waals surface area contributed by atoms with Crippen LogP contribution in [0.25, 0.3) is 0 Å². The van der Waals surface area contributed by atoms with Gasteiger partial charge in [-0.15, -0.1) is 0 Å². The van der Waals surface area contributed by atoms with E-state index in [4.69, 9.17) is 0 Å². The van der Waals surface area contributed by atoms with Crippen molar-refractivity contribution in [2.45, 2.75) is 108 Å². The molecule has 0 unspecified atom stereocenters. The Bertz CT molecular complexity index is 573. The molecule has 27 heavy (non-hydrogen) atoms. The summed E-state index contributed by atoms with van der Waals surface area (Å²) in [6.07, 6.45) is 19.1. The van der Waals surface area contributed by atoms with Crippen molar-refractivity contribution < 1.29 is 13.0 Å². The fourth-order valence-electron chi connectivity index (χ4n) is 3.47. The molecule has 5 heteroatoms. The van der Waals surface area contributed by atoms with E-state index in [-0.39, 0.29) is 56.3 Å². The molecule has 3 nitrogen and oxygen atoms in total. The van der Waals surface area contributed by atoms with Crippen LogP contribution < -0.4 is 0 Å². The van der Waals surface area contributed by atoms with Gasteiger partial charge in [0.1, 0.15) is 0 Å². The van der Waals surface area contributed by atoms with Crippen LogP contribution in [-0.2, 0) is 16.5 Å². The molecule has 0 spiro atoms. The van der Waals surface area contributed by atoms with Crippen LogP contribution in [0.4, 0.5) is 0 Å². The minimum atomic E-state index is -4.10. The molecule has 0 aliphatic rings. The Morgan fingerprint density at radius 3 is 1.56 bits per heavy atom. The molecule has 1 rings (SSSR count). The van der Waals surface area contributed by atoms with E-state index in [0.29, 0.717) is 6.42 Å². The van der Waals surface area contributed by atoms with E-state index in [0.717, 1.165) is 18.4 Å². The van der Waals surface area contributed by atoms with Crippen LogP contribution in [0.1, 0.15) is 102 Å². The van der Waals surface area contributed by atoms with Crippen LogP contribution in [0.5, 0.6) is 0 Å². The van der Waals surface area contributed by atoms with Crippen molar-refractivity contribution in [3.8, 4) is 0 Å². The summed E-state index contributed by atoms with van der Waals surface area (Å²) in [4.78, 5) is 0.0645. The number of rotatable bonds is 16. The van der Waals surface area contributed by atoms with E-state index in [1.165, 1.54) is 83.1 Å². The fourth-order valence-corrected chi connectivity index (χ4v) is 4.22. The summed E-state index contributed by atoms with van der Waals surface area (Å²) < 4.78 is 32.0. The molecular formula is C22H39KO3S. The molecule has 0 atom stereocenters. The predicted molar refractivity (Wildman–Crippen MR) is 117 cm³/mol. The van der Waals surface area contributed by atoms with Gasteiger partial charge in [-0.25, -0.2) is 0 Å². The maximum atomic E-state index is 11.4. The molecule has 1 N–H and O–H groups in total. The SMILES string of the molecule is CCCCCCCCCCCCCCCCc1ccccc1S(=O)(=O)O.[KH]. The molecule has 0 aliphatic carbocycles. The number of benzene rings is 1. The third-order valence-corrected chi connectivity index (χ3v) is 6.00. The third-order valence-electron chi connectivity index (χ3n) is 5.05. The van der Waals surface area contributed by atoms with Gasteiger partial charge in [0.2, 0.25) is 0 Å². The third kappa shape index (κ3) is 14.4. The van der Waals surface area contributed by atoms with Gasteiger partial charge in [-0.05, 0) is 24.5 Å². The molecule has 0 aliphatic heterocycles. The van der Waals surface area contributed by atoms with E-state index in [1.807, 2.05) is 6.07 Å². The molecule has 0 heterocycles. The molecule has 152 valence electrons. The van der Waals surface area contributed by atoms with Crippen molar-refractivity contribution in [3.05, 3.63) is 29.8 Å². The molecule has 0 radical (unpaired) electrons. The molecule has 0 aromatic heterocycles. The predicted octanol–water partition coefficient (Wildman–Crippen LogP) is 6.31. The van der Waals surface area contributed by atoms with E-state index < -0.39 is 10.1 Å². The van der Waals surface area contributed by atoms with Gasteiger partial charge >= 0.3 is 51.4 Å². The summed E-state index contributed by atoms with van der Waals surface area (Å²) in [5, 5.41) is 0. The van der Waals surface area contributed by atoms with Crippen molar-refractivity contribution in [1.29, 1.82) is 0 Å². The second kappa shape index (κ2) is 17.6.